The van der Waals surface area contributed by atoms with Gasteiger partial charge in [0, 0.05) is 5.57 Å². The molecule has 0 fully saturated rings. The van der Waals surface area contributed by atoms with Gasteiger partial charge in [0.1, 0.15) is 0 Å². The molecule has 0 aliphatic rings. The van der Waals surface area contributed by atoms with Crippen molar-refractivity contribution in [1.82, 2.24) is 0 Å². The molecule has 0 unspecified atom stereocenters. The fourth-order valence-electron chi connectivity index (χ4n) is 3.62. The first-order valence-electron chi connectivity index (χ1n) is 9.70. The van der Waals surface area contributed by atoms with Crippen LogP contribution in [0.25, 0.3) is 5.57 Å². The summed E-state index contributed by atoms with van der Waals surface area (Å²) in [6, 6.07) is 25.0. The van der Waals surface area contributed by atoms with Gasteiger partial charge < -0.3 is 0 Å². The summed E-state index contributed by atoms with van der Waals surface area (Å²) in [5.41, 5.74) is 3.52. The minimum absolute atomic E-state index is 1.13. The first kappa shape index (κ1) is 19.4. The molecule has 0 atom stereocenters. The molecule has 132 valence electrons. The second-order valence-electron chi connectivity index (χ2n) is 6.80. The quantitative estimate of drug-likeness (QED) is 0.342. The molecule has 0 saturated heterocycles. The van der Waals surface area contributed by atoms with Crippen molar-refractivity contribution in [2.75, 3.05) is 0 Å². The van der Waals surface area contributed by atoms with Crippen molar-refractivity contribution >= 4 is 19.7 Å². The van der Waals surface area contributed by atoms with Crippen molar-refractivity contribution in [2.24, 2.45) is 4.66 Å². The Balaban J connectivity index is 2.55. The van der Waals surface area contributed by atoms with Crippen LogP contribution in [0.3, 0.4) is 0 Å². The molecular weight excluding hydrogens is 318 g/mol. The normalized spacial score (nSPS) is 11.0. The topological polar surface area (TPSA) is 12.4 Å². The highest BCUT2D eigenvalue weighted by Crippen LogP contribution is 2.28. The molecule has 0 aliphatic carbocycles. The summed E-state index contributed by atoms with van der Waals surface area (Å²) in [5, 5.41) is 0. The Morgan fingerprint density at radius 2 is 1.12 bits per heavy atom. The molecule has 1 nitrogen and oxygen atoms in total. The monoisotopic (exact) mass is 349 g/mol. The molecular formula is C23H31NSi. The Kier molecular flexibility index (Phi) is 7.91. The van der Waals surface area contributed by atoms with Crippen molar-refractivity contribution in [3.8, 4) is 0 Å². The van der Waals surface area contributed by atoms with Gasteiger partial charge in [-0.1, -0.05) is 101 Å². The molecule has 2 aromatic carbocycles. The van der Waals surface area contributed by atoms with Gasteiger partial charge in [-0.05, 0) is 35.1 Å². The van der Waals surface area contributed by atoms with Gasteiger partial charge in [0.25, 0.3) is 0 Å². The first-order valence-corrected chi connectivity index (χ1v) is 12.3. The van der Waals surface area contributed by atoms with E-state index in [1.807, 2.05) is 0 Å². The second-order valence-corrected chi connectivity index (χ2v) is 11.0. The SMILES string of the molecule is CCC[Si](CCC)(CCC)N=C=C(c1ccccc1)c1ccccc1. The van der Waals surface area contributed by atoms with E-state index in [1.54, 1.807) is 0 Å². The molecule has 0 aromatic heterocycles. The van der Waals surface area contributed by atoms with Crippen LogP contribution in [0.2, 0.25) is 18.1 Å². The summed E-state index contributed by atoms with van der Waals surface area (Å²) >= 11 is 0. The zero-order chi connectivity index (χ0) is 18.0. The van der Waals surface area contributed by atoms with E-state index >= 15 is 0 Å². The first-order chi connectivity index (χ1) is 12.2. The van der Waals surface area contributed by atoms with Crippen LogP contribution in [0.5, 0.6) is 0 Å². The number of hydrogen-bond donors (Lipinski definition) is 0. The number of rotatable bonds is 9. The van der Waals surface area contributed by atoms with E-state index in [-0.39, 0.29) is 0 Å². The van der Waals surface area contributed by atoms with Gasteiger partial charge in [0.15, 0.2) is 8.24 Å². The van der Waals surface area contributed by atoms with Crippen LogP contribution in [-0.2, 0) is 0 Å². The van der Waals surface area contributed by atoms with Crippen LogP contribution in [0.15, 0.2) is 65.3 Å². The summed E-state index contributed by atoms with van der Waals surface area (Å²) in [5.74, 6) is 3.55. The highest BCUT2D eigenvalue weighted by Gasteiger charge is 2.30. The van der Waals surface area contributed by atoms with Gasteiger partial charge in [0.05, 0.1) is 0 Å². The second kappa shape index (κ2) is 10.2. The van der Waals surface area contributed by atoms with E-state index in [2.05, 4.69) is 87.3 Å². The van der Waals surface area contributed by atoms with Crippen molar-refractivity contribution in [2.45, 2.75) is 58.2 Å². The Morgan fingerprint density at radius 1 is 0.720 bits per heavy atom. The molecule has 0 aliphatic heterocycles. The maximum Gasteiger partial charge on any atom is 0.193 e. The smallest absolute Gasteiger partial charge is 0.193 e. The lowest BCUT2D eigenvalue weighted by Gasteiger charge is -2.24. The molecule has 25 heavy (non-hydrogen) atoms. The largest absolute Gasteiger partial charge is 0.282 e. The average molecular weight is 350 g/mol. The summed E-state index contributed by atoms with van der Waals surface area (Å²) in [4.78, 5) is 0. The van der Waals surface area contributed by atoms with Gasteiger partial charge in [-0.3, -0.25) is 4.66 Å². The minimum Gasteiger partial charge on any atom is -0.282 e. The van der Waals surface area contributed by atoms with Gasteiger partial charge in [-0.25, -0.2) is 0 Å². The van der Waals surface area contributed by atoms with Crippen LogP contribution in [-0.4, -0.2) is 14.1 Å². The molecule has 0 amide bonds. The van der Waals surface area contributed by atoms with Crippen LogP contribution in [0.1, 0.15) is 51.2 Å². The van der Waals surface area contributed by atoms with Gasteiger partial charge in [-0.15, -0.1) is 0 Å². The third kappa shape index (κ3) is 5.56. The van der Waals surface area contributed by atoms with Crippen LogP contribution >= 0.6 is 0 Å². The Hall–Kier alpha value is -1.89. The van der Waals surface area contributed by atoms with Gasteiger partial charge in [-0.2, -0.15) is 0 Å². The fraction of sp³-hybridized carbons (Fsp3) is 0.391. The Morgan fingerprint density at radius 3 is 1.48 bits per heavy atom. The fourth-order valence-corrected chi connectivity index (χ4v) is 7.85. The van der Waals surface area contributed by atoms with E-state index < -0.39 is 8.24 Å². The van der Waals surface area contributed by atoms with E-state index in [0.29, 0.717) is 0 Å². The van der Waals surface area contributed by atoms with Crippen molar-refractivity contribution in [1.29, 1.82) is 0 Å². The zero-order valence-corrected chi connectivity index (χ0v) is 17.0. The molecule has 2 aromatic rings. The molecule has 0 heterocycles. The van der Waals surface area contributed by atoms with E-state index in [0.717, 1.165) is 5.57 Å². The average Bonchev–Trinajstić information content (AvgIpc) is 2.64. The molecule has 0 spiro atoms. The maximum atomic E-state index is 5.23. The predicted molar refractivity (Wildman–Crippen MR) is 114 cm³/mol. The van der Waals surface area contributed by atoms with Gasteiger partial charge in [0.2, 0.25) is 0 Å². The van der Waals surface area contributed by atoms with Crippen molar-refractivity contribution in [3.63, 3.8) is 0 Å². The third-order valence-corrected chi connectivity index (χ3v) is 9.55. The lowest BCUT2D eigenvalue weighted by atomic mass is 10.00. The summed E-state index contributed by atoms with van der Waals surface area (Å²) in [6.07, 6.45) is 3.68. The summed E-state index contributed by atoms with van der Waals surface area (Å²) < 4.78 is 5.23. The van der Waals surface area contributed by atoms with Crippen LogP contribution < -0.4 is 0 Å². The lowest BCUT2D eigenvalue weighted by Crippen LogP contribution is -2.31. The number of benzene rings is 2. The summed E-state index contributed by atoms with van der Waals surface area (Å²) in [7, 11) is -1.63. The zero-order valence-electron chi connectivity index (χ0n) is 16.0. The van der Waals surface area contributed by atoms with E-state index in [9.17, 15) is 0 Å². The molecule has 0 N–H and O–H groups in total. The molecule has 2 rings (SSSR count). The Bertz CT molecular complexity index is 626. The molecule has 2 heteroatoms. The maximum absolute atomic E-state index is 5.23. The standard InChI is InChI=1S/C23H31NSi/c1-4-17-25(18-5-2,19-6-3)24-20-23(21-13-9-7-10-14-21)22-15-11-8-12-16-22/h7-16H,4-6,17-19H2,1-3H3. The highest BCUT2D eigenvalue weighted by molar-refractivity contribution is 6.79. The van der Waals surface area contributed by atoms with Crippen molar-refractivity contribution in [3.05, 3.63) is 71.8 Å². The summed E-state index contributed by atoms with van der Waals surface area (Å²) in [6.45, 7) is 6.88. The van der Waals surface area contributed by atoms with Gasteiger partial charge >= 0.3 is 0 Å². The number of hydrogen-bond acceptors (Lipinski definition) is 1. The molecule has 0 saturated carbocycles. The third-order valence-electron chi connectivity index (χ3n) is 4.68. The van der Waals surface area contributed by atoms with E-state index in [1.165, 1.54) is 48.5 Å². The van der Waals surface area contributed by atoms with Crippen molar-refractivity contribution < 1.29 is 0 Å². The van der Waals surface area contributed by atoms with Crippen LogP contribution in [0, 0.1) is 0 Å². The van der Waals surface area contributed by atoms with Crippen LogP contribution in [0.4, 0.5) is 0 Å². The number of nitrogens with zero attached hydrogens (tertiary/aromatic N) is 1. The van der Waals surface area contributed by atoms with E-state index in [4.69, 9.17) is 4.66 Å². The minimum atomic E-state index is -1.63. The molecule has 0 radical (unpaired) electrons. The Labute approximate surface area is 154 Å². The lowest BCUT2D eigenvalue weighted by molar-refractivity contribution is 0.918. The highest BCUT2D eigenvalue weighted by atomic mass is 28.3. The predicted octanol–water partition coefficient (Wildman–Crippen LogP) is 6.96. The molecule has 0 bridgehead atoms.